The lowest BCUT2D eigenvalue weighted by atomic mass is 10.3. The molecule has 2 rings (SSSR count). The summed E-state index contributed by atoms with van der Waals surface area (Å²) in [5.41, 5.74) is -0.226. The Morgan fingerprint density at radius 1 is 1.36 bits per heavy atom. The molecule has 0 aliphatic heterocycles. The van der Waals surface area contributed by atoms with Gasteiger partial charge in [-0.3, -0.25) is 4.79 Å². The van der Waals surface area contributed by atoms with Gasteiger partial charge in [0.1, 0.15) is 0 Å². The van der Waals surface area contributed by atoms with Crippen LogP contribution in [0.4, 0.5) is 4.39 Å². The largest absolute Gasteiger partial charge is 0.299 e. The van der Waals surface area contributed by atoms with E-state index in [2.05, 4.69) is 10.1 Å². The molecule has 0 saturated heterocycles. The zero-order chi connectivity index (χ0) is 9.97. The summed E-state index contributed by atoms with van der Waals surface area (Å²) in [7, 11) is 0. The van der Waals surface area contributed by atoms with Crippen molar-refractivity contribution in [1.29, 1.82) is 0 Å². The molecule has 0 radical (unpaired) electrons. The van der Waals surface area contributed by atoms with E-state index >= 15 is 0 Å². The molecular weight excluding hydrogens is 185 g/mol. The second kappa shape index (κ2) is 3.37. The highest BCUT2D eigenvalue weighted by atomic mass is 19.1. The van der Waals surface area contributed by atoms with Crippen molar-refractivity contribution in [3.05, 3.63) is 48.3 Å². The maximum Gasteiger partial charge on any atom is 0.299 e. The summed E-state index contributed by atoms with van der Waals surface area (Å²) in [4.78, 5) is 15.2. The lowest BCUT2D eigenvalue weighted by Crippen LogP contribution is -2.15. The van der Waals surface area contributed by atoms with Crippen molar-refractivity contribution in [2.45, 2.75) is 0 Å². The molecule has 2 aromatic rings. The van der Waals surface area contributed by atoms with E-state index in [1.165, 1.54) is 30.7 Å². The summed E-state index contributed by atoms with van der Waals surface area (Å²) in [6.45, 7) is 0. The Morgan fingerprint density at radius 2 is 2.21 bits per heavy atom. The molecule has 0 fully saturated rings. The molecule has 0 aromatic carbocycles. The highest BCUT2D eigenvalue weighted by molar-refractivity contribution is 5.93. The minimum atomic E-state index is -0.645. The molecule has 0 spiro atoms. The van der Waals surface area contributed by atoms with Crippen LogP contribution in [0, 0.1) is 5.82 Å². The molecule has 0 N–H and O–H groups in total. The van der Waals surface area contributed by atoms with E-state index in [9.17, 15) is 9.18 Å². The molecular formula is C9H6FN3O. The maximum atomic E-state index is 13.1. The Bertz CT molecular complexity index is 453. The summed E-state index contributed by atoms with van der Waals surface area (Å²) in [6.07, 6.45) is 4.25. The lowest BCUT2D eigenvalue weighted by Gasteiger charge is -1.99. The standard InChI is InChI=1S/C9H6FN3O/c10-7-3-1-4-11-8(7)9(14)13-6-2-5-12-13/h1-6H. The SMILES string of the molecule is O=C(c1ncccc1F)n1cccn1. The van der Waals surface area contributed by atoms with Crippen LogP contribution in [0.15, 0.2) is 36.8 Å². The van der Waals surface area contributed by atoms with Crippen LogP contribution in [0.2, 0.25) is 0 Å². The van der Waals surface area contributed by atoms with E-state index in [1.54, 1.807) is 6.07 Å². The quantitative estimate of drug-likeness (QED) is 0.678. The third-order valence-electron chi connectivity index (χ3n) is 1.67. The second-order valence-corrected chi connectivity index (χ2v) is 2.59. The lowest BCUT2D eigenvalue weighted by molar-refractivity contribution is 0.0935. The van der Waals surface area contributed by atoms with Crippen molar-refractivity contribution in [2.75, 3.05) is 0 Å². The molecule has 14 heavy (non-hydrogen) atoms. The van der Waals surface area contributed by atoms with Crippen LogP contribution in [0.5, 0.6) is 0 Å². The molecule has 0 amide bonds. The number of nitrogens with zero attached hydrogens (tertiary/aromatic N) is 3. The van der Waals surface area contributed by atoms with Gasteiger partial charge in [0.05, 0.1) is 0 Å². The summed E-state index contributed by atoms with van der Waals surface area (Å²) >= 11 is 0. The van der Waals surface area contributed by atoms with Crippen molar-refractivity contribution < 1.29 is 9.18 Å². The summed E-state index contributed by atoms with van der Waals surface area (Å²) < 4.78 is 14.1. The average Bonchev–Trinajstić information content (AvgIpc) is 2.70. The molecule has 0 aliphatic rings. The minimum Gasteiger partial charge on any atom is -0.265 e. The van der Waals surface area contributed by atoms with Gasteiger partial charge in [-0.25, -0.2) is 14.1 Å². The van der Waals surface area contributed by atoms with Crippen molar-refractivity contribution >= 4 is 5.91 Å². The van der Waals surface area contributed by atoms with E-state index in [1.807, 2.05) is 0 Å². The van der Waals surface area contributed by atoms with Crippen LogP contribution in [0.1, 0.15) is 10.5 Å². The summed E-state index contributed by atoms with van der Waals surface area (Å²) in [6, 6.07) is 4.19. The molecule has 0 aliphatic carbocycles. The topological polar surface area (TPSA) is 47.8 Å². The van der Waals surface area contributed by atoms with Gasteiger partial charge in [0.15, 0.2) is 11.5 Å². The number of hydrogen-bond donors (Lipinski definition) is 0. The highest BCUT2D eigenvalue weighted by Crippen LogP contribution is 2.04. The zero-order valence-corrected chi connectivity index (χ0v) is 7.09. The molecule has 0 unspecified atom stereocenters. The maximum absolute atomic E-state index is 13.1. The molecule has 0 atom stereocenters. The van der Waals surface area contributed by atoms with Crippen molar-refractivity contribution in [3.8, 4) is 0 Å². The Morgan fingerprint density at radius 3 is 2.86 bits per heavy atom. The fraction of sp³-hybridized carbons (Fsp3) is 0. The van der Waals surface area contributed by atoms with E-state index in [-0.39, 0.29) is 5.69 Å². The van der Waals surface area contributed by atoms with E-state index in [0.717, 1.165) is 4.68 Å². The van der Waals surface area contributed by atoms with Crippen LogP contribution in [-0.4, -0.2) is 20.7 Å². The fourth-order valence-corrected chi connectivity index (χ4v) is 1.04. The van der Waals surface area contributed by atoms with E-state index in [0.29, 0.717) is 0 Å². The van der Waals surface area contributed by atoms with Gasteiger partial charge in [-0.1, -0.05) is 0 Å². The molecule has 70 valence electrons. The summed E-state index contributed by atoms with van der Waals surface area (Å²) in [5, 5.41) is 3.69. The monoisotopic (exact) mass is 191 g/mol. The third-order valence-corrected chi connectivity index (χ3v) is 1.67. The van der Waals surface area contributed by atoms with Crippen LogP contribution in [0.25, 0.3) is 0 Å². The summed E-state index contributed by atoms with van der Waals surface area (Å²) in [5.74, 6) is -1.22. The van der Waals surface area contributed by atoms with Crippen LogP contribution >= 0.6 is 0 Å². The second-order valence-electron chi connectivity index (χ2n) is 2.59. The zero-order valence-electron chi connectivity index (χ0n) is 7.09. The highest BCUT2D eigenvalue weighted by Gasteiger charge is 2.14. The molecule has 2 heterocycles. The van der Waals surface area contributed by atoms with Gasteiger partial charge in [-0.15, -0.1) is 0 Å². The van der Waals surface area contributed by atoms with Gasteiger partial charge in [0, 0.05) is 18.6 Å². The van der Waals surface area contributed by atoms with Gasteiger partial charge < -0.3 is 0 Å². The van der Waals surface area contributed by atoms with Crippen LogP contribution < -0.4 is 0 Å². The van der Waals surface area contributed by atoms with E-state index < -0.39 is 11.7 Å². The molecule has 4 nitrogen and oxygen atoms in total. The Hall–Kier alpha value is -2.04. The first-order chi connectivity index (χ1) is 6.79. The molecule has 0 saturated carbocycles. The first-order valence-corrected chi connectivity index (χ1v) is 3.94. The average molecular weight is 191 g/mol. The van der Waals surface area contributed by atoms with Gasteiger partial charge >= 0.3 is 0 Å². The first-order valence-electron chi connectivity index (χ1n) is 3.94. The van der Waals surface area contributed by atoms with Gasteiger partial charge in [-0.05, 0) is 18.2 Å². The van der Waals surface area contributed by atoms with Crippen molar-refractivity contribution in [1.82, 2.24) is 14.8 Å². The predicted molar refractivity (Wildman–Crippen MR) is 46.2 cm³/mol. The number of pyridine rings is 1. The normalized spacial score (nSPS) is 10.1. The fourth-order valence-electron chi connectivity index (χ4n) is 1.04. The molecule has 0 bridgehead atoms. The van der Waals surface area contributed by atoms with Gasteiger partial charge in [0.25, 0.3) is 5.91 Å². The number of rotatable bonds is 1. The van der Waals surface area contributed by atoms with Crippen molar-refractivity contribution in [3.63, 3.8) is 0 Å². The first kappa shape index (κ1) is 8.55. The number of halogens is 1. The number of carbonyl (C=O) groups is 1. The van der Waals surface area contributed by atoms with Gasteiger partial charge in [-0.2, -0.15) is 5.10 Å². The minimum absolute atomic E-state index is 0.226. The number of carbonyl (C=O) groups excluding carboxylic acids is 1. The molecule has 2 aromatic heterocycles. The number of aromatic nitrogens is 3. The van der Waals surface area contributed by atoms with Crippen LogP contribution in [-0.2, 0) is 0 Å². The smallest absolute Gasteiger partial charge is 0.265 e. The van der Waals surface area contributed by atoms with Gasteiger partial charge in [0.2, 0.25) is 0 Å². The third kappa shape index (κ3) is 1.39. The Balaban J connectivity index is 2.42. The van der Waals surface area contributed by atoms with E-state index in [4.69, 9.17) is 0 Å². The predicted octanol–water partition coefficient (Wildman–Crippen LogP) is 1.11. The molecule has 5 heteroatoms. The Labute approximate surface area is 79.0 Å². The van der Waals surface area contributed by atoms with Crippen LogP contribution in [0.3, 0.4) is 0 Å². The Kier molecular flexibility index (Phi) is 2.06. The van der Waals surface area contributed by atoms with Crippen molar-refractivity contribution in [2.24, 2.45) is 0 Å². The number of hydrogen-bond acceptors (Lipinski definition) is 3.